The molecule has 2 heterocycles. The molecule has 2 aromatic heterocycles. The molecule has 0 aliphatic heterocycles. The van der Waals surface area contributed by atoms with E-state index in [2.05, 4.69) is 33.8 Å². The number of fused-ring (bicyclic) bond motifs is 3. The van der Waals surface area contributed by atoms with Crippen molar-refractivity contribution in [1.29, 1.82) is 0 Å². The fourth-order valence-electron chi connectivity index (χ4n) is 3.90. The number of aromatic nitrogens is 2. The Hall–Kier alpha value is -3.92. The average Bonchev–Trinajstić information content (AvgIpc) is 3.08. The monoisotopic (exact) mass is 376 g/mol. The molecule has 0 fully saturated rings. The zero-order chi connectivity index (χ0) is 19.8. The maximum atomic E-state index is 12.1. The fourth-order valence-corrected chi connectivity index (χ4v) is 3.90. The Morgan fingerprint density at radius 1 is 0.966 bits per heavy atom. The molecule has 139 valence electrons. The molecule has 5 aromatic rings. The maximum Gasteiger partial charge on any atom is 0.249 e. The van der Waals surface area contributed by atoms with E-state index in [-0.39, 0.29) is 0 Å². The number of carbonyl (C=O) groups is 1. The largest absolute Gasteiger partial charge is 0.366 e. The normalized spacial score (nSPS) is 11.2. The van der Waals surface area contributed by atoms with Crippen molar-refractivity contribution in [2.45, 2.75) is 6.54 Å². The molecule has 29 heavy (non-hydrogen) atoms. The number of pyridine rings is 1. The number of nitrogens with zero attached hydrogens (tertiary/aromatic N) is 2. The van der Waals surface area contributed by atoms with E-state index in [0.717, 1.165) is 38.5 Å². The smallest absolute Gasteiger partial charge is 0.249 e. The van der Waals surface area contributed by atoms with E-state index in [1.165, 1.54) is 0 Å². The van der Waals surface area contributed by atoms with E-state index in [1.54, 1.807) is 12.3 Å². The van der Waals surface area contributed by atoms with Gasteiger partial charge in [0, 0.05) is 35.3 Å². The average molecular weight is 376 g/mol. The Morgan fingerprint density at radius 3 is 2.59 bits per heavy atom. The third-order valence-corrected chi connectivity index (χ3v) is 5.23. The Labute approximate surface area is 168 Å². The molecule has 0 spiro atoms. The van der Waals surface area contributed by atoms with Crippen molar-refractivity contribution < 1.29 is 4.79 Å². The zero-order valence-corrected chi connectivity index (χ0v) is 15.7. The second-order valence-electron chi connectivity index (χ2n) is 7.03. The van der Waals surface area contributed by atoms with Gasteiger partial charge in [-0.25, -0.2) is 0 Å². The first kappa shape index (κ1) is 17.2. The number of primary amides is 1. The van der Waals surface area contributed by atoms with Gasteiger partial charge >= 0.3 is 0 Å². The Balaban J connectivity index is 1.82. The number of amides is 1. The molecular formula is C25H18N3O. The molecule has 3 aromatic carbocycles. The van der Waals surface area contributed by atoms with Crippen LogP contribution in [0.4, 0.5) is 0 Å². The summed E-state index contributed by atoms with van der Waals surface area (Å²) in [7, 11) is 0. The van der Waals surface area contributed by atoms with Crippen molar-refractivity contribution in [2.75, 3.05) is 0 Å². The second-order valence-corrected chi connectivity index (χ2v) is 7.03. The Kier molecular flexibility index (Phi) is 4.10. The van der Waals surface area contributed by atoms with Crippen LogP contribution in [0.15, 0.2) is 85.2 Å². The lowest BCUT2D eigenvalue weighted by molar-refractivity contribution is 0.100. The third-order valence-electron chi connectivity index (χ3n) is 5.23. The highest BCUT2D eigenvalue weighted by Gasteiger charge is 2.17. The van der Waals surface area contributed by atoms with Crippen molar-refractivity contribution in [3.05, 3.63) is 102 Å². The SMILES string of the molecule is NC(=O)c1cccc2c1c1[c]cc(-c3ccccc3)cc1n2Cc1cccnc1. The highest BCUT2D eigenvalue weighted by atomic mass is 16.1. The fraction of sp³-hybridized carbons (Fsp3) is 0.0400. The summed E-state index contributed by atoms with van der Waals surface area (Å²) in [5, 5.41) is 1.75. The van der Waals surface area contributed by atoms with Gasteiger partial charge in [0.05, 0.1) is 11.0 Å². The van der Waals surface area contributed by atoms with Crippen LogP contribution in [-0.4, -0.2) is 15.5 Å². The van der Waals surface area contributed by atoms with Gasteiger partial charge in [0.1, 0.15) is 0 Å². The third kappa shape index (κ3) is 2.95. The first-order chi connectivity index (χ1) is 14.2. The summed E-state index contributed by atoms with van der Waals surface area (Å²) in [6.45, 7) is 0.641. The van der Waals surface area contributed by atoms with Crippen molar-refractivity contribution in [3.63, 3.8) is 0 Å². The topological polar surface area (TPSA) is 60.9 Å². The molecule has 0 unspecified atom stereocenters. The predicted molar refractivity (Wildman–Crippen MR) is 116 cm³/mol. The van der Waals surface area contributed by atoms with E-state index < -0.39 is 5.91 Å². The minimum Gasteiger partial charge on any atom is -0.366 e. The van der Waals surface area contributed by atoms with Gasteiger partial charge in [0.25, 0.3) is 0 Å². The van der Waals surface area contributed by atoms with Gasteiger partial charge in [-0.15, -0.1) is 0 Å². The molecule has 4 heteroatoms. The molecule has 4 nitrogen and oxygen atoms in total. The van der Waals surface area contributed by atoms with Crippen LogP contribution in [0.1, 0.15) is 15.9 Å². The highest BCUT2D eigenvalue weighted by Crippen LogP contribution is 2.34. The number of nitrogens with two attached hydrogens (primary N) is 1. The van der Waals surface area contributed by atoms with E-state index in [1.807, 2.05) is 54.7 Å². The number of hydrogen-bond acceptors (Lipinski definition) is 2. The Bertz CT molecular complexity index is 1340. The van der Waals surface area contributed by atoms with Crippen LogP contribution < -0.4 is 5.73 Å². The van der Waals surface area contributed by atoms with Gasteiger partial charge < -0.3 is 10.3 Å². The van der Waals surface area contributed by atoms with Crippen LogP contribution in [0.2, 0.25) is 0 Å². The summed E-state index contributed by atoms with van der Waals surface area (Å²) < 4.78 is 2.21. The van der Waals surface area contributed by atoms with Gasteiger partial charge in [-0.2, -0.15) is 0 Å². The van der Waals surface area contributed by atoms with Crippen molar-refractivity contribution >= 4 is 27.7 Å². The molecule has 0 bridgehead atoms. The summed E-state index contributed by atoms with van der Waals surface area (Å²) in [6, 6.07) is 27.4. The number of benzene rings is 3. The molecule has 0 aliphatic carbocycles. The molecule has 0 saturated carbocycles. The summed E-state index contributed by atoms with van der Waals surface area (Å²) in [5.41, 5.74) is 11.5. The van der Waals surface area contributed by atoms with E-state index >= 15 is 0 Å². The maximum absolute atomic E-state index is 12.1. The summed E-state index contributed by atoms with van der Waals surface area (Å²) in [4.78, 5) is 16.3. The summed E-state index contributed by atoms with van der Waals surface area (Å²) >= 11 is 0. The molecule has 5 rings (SSSR count). The van der Waals surface area contributed by atoms with Gasteiger partial charge in [-0.3, -0.25) is 9.78 Å². The lowest BCUT2D eigenvalue weighted by atomic mass is 10.0. The van der Waals surface area contributed by atoms with E-state index in [0.29, 0.717) is 12.1 Å². The lowest BCUT2D eigenvalue weighted by Gasteiger charge is -2.09. The van der Waals surface area contributed by atoms with Crippen LogP contribution in [-0.2, 0) is 6.54 Å². The van der Waals surface area contributed by atoms with E-state index in [9.17, 15) is 4.79 Å². The summed E-state index contributed by atoms with van der Waals surface area (Å²) in [5.74, 6) is -0.434. The molecule has 2 N–H and O–H groups in total. The van der Waals surface area contributed by atoms with E-state index in [4.69, 9.17) is 5.73 Å². The minimum absolute atomic E-state index is 0.434. The highest BCUT2D eigenvalue weighted by molar-refractivity contribution is 6.18. The van der Waals surface area contributed by atoms with Crippen molar-refractivity contribution in [1.82, 2.24) is 9.55 Å². The molecule has 0 atom stereocenters. The van der Waals surface area contributed by atoms with Crippen molar-refractivity contribution in [2.24, 2.45) is 5.73 Å². The molecule has 1 amide bonds. The first-order valence-electron chi connectivity index (χ1n) is 9.43. The van der Waals surface area contributed by atoms with Crippen LogP contribution in [0.5, 0.6) is 0 Å². The number of rotatable bonds is 4. The van der Waals surface area contributed by atoms with Crippen LogP contribution in [0, 0.1) is 6.07 Å². The molecule has 0 aliphatic rings. The van der Waals surface area contributed by atoms with Crippen LogP contribution >= 0.6 is 0 Å². The molecule has 0 saturated heterocycles. The Morgan fingerprint density at radius 2 is 1.83 bits per heavy atom. The predicted octanol–water partition coefficient (Wildman–Crippen LogP) is 4.80. The van der Waals surface area contributed by atoms with Crippen LogP contribution in [0.25, 0.3) is 32.9 Å². The molecule has 1 radical (unpaired) electrons. The van der Waals surface area contributed by atoms with Crippen LogP contribution in [0.3, 0.4) is 0 Å². The lowest BCUT2D eigenvalue weighted by Crippen LogP contribution is -2.11. The first-order valence-corrected chi connectivity index (χ1v) is 9.43. The van der Waals surface area contributed by atoms with Gasteiger partial charge in [0.15, 0.2) is 0 Å². The summed E-state index contributed by atoms with van der Waals surface area (Å²) in [6.07, 6.45) is 3.63. The number of hydrogen-bond donors (Lipinski definition) is 1. The number of carbonyl (C=O) groups excluding carboxylic acids is 1. The van der Waals surface area contributed by atoms with Gasteiger partial charge in [0.2, 0.25) is 5.91 Å². The minimum atomic E-state index is -0.434. The second kappa shape index (κ2) is 6.91. The zero-order valence-electron chi connectivity index (χ0n) is 15.7. The van der Waals surface area contributed by atoms with Gasteiger partial charge in [-0.1, -0.05) is 42.5 Å². The van der Waals surface area contributed by atoms with Crippen molar-refractivity contribution in [3.8, 4) is 11.1 Å². The molecular weight excluding hydrogens is 358 g/mol. The standard InChI is InChI=1S/C25H18N3O/c26-25(29)21-9-4-10-22-24(21)20-12-11-19(18-7-2-1-3-8-18)14-23(20)28(22)16-17-6-5-13-27-15-17/h1-11,13-15H,16H2,(H2,26,29). The van der Waals surface area contributed by atoms with Gasteiger partial charge in [-0.05, 0) is 53.1 Å². The quantitative estimate of drug-likeness (QED) is 0.490.